The average molecular weight is 351 g/mol. The van der Waals surface area contributed by atoms with Gasteiger partial charge in [-0.2, -0.15) is 5.48 Å². The number of hydroxylamine groups is 1. The average Bonchev–Trinajstić information content (AvgIpc) is 2.63. The maximum Gasteiger partial charge on any atom is 0.362 e. The molecule has 4 nitrogen and oxygen atoms in total. The Bertz CT molecular complexity index is 835. The molecule has 0 saturated heterocycles. The Balaban J connectivity index is 1.93. The van der Waals surface area contributed by atoms with E-state index in [4.69, 9.17) is 0 Å². The number of rotatable bonds is 4. The van der Waals surface area contributed by atoms with Crippen molar-refractivity contribution < 1.29 is 14.4 Å². The predicted octanol–water partition coefficient (Wildman–Crippen LogP) is 4.52. The van der Waals surface area contributed by atoms with Gasteiger partial charge in [0.1, 0.15) is 0 Å². The lowest BCUT2D eigenvalue weighted by molar-refractivity contribution is -0.117. The molecule has 3 rings (SSSR count). The zero-order valence-electron chi connectivity index (χ0n) is 15.8. The van der Waals surface area contributed by atoms with Crippen molar-refractivity contribution >= 4 is 12.4 Å². The fourth-order valence-electron chi connectivity index (χ4n) is 3.70. The lowest BCUT2D eigenvalue weighted by atomic mass is 9.63. The molecule has 0 bridgehead atoms. The first-order valence-corrected chi connectivity index (χ1v) is 8.90. The van der Waals surface area contributed by atoms with Gasteiger partial charge in [0, 0.05) is 0 Å². The quantitative estimate of drug-likeness (QED) is 0.651. The topological polar surface area (TPSA) is 55.4 Å². The molecule has 0 aliphatic heterocycles. The second-order valence-electron chi connectivity index (χ2n) is 8.23. The van der Waals surface area contributed by atoms with Crippen molar-refractivity contribution in [2.45, 2.75) is 51.4 Å². The van der Waals surface area contributed by atoms with Crippen LogP contribution in [0.4, 0.5) is 0 Å². The summed E-state index contributed by atoms with van der Waals surface area (Å²) in [4.78, 5) is 26.6. The normalized spacial score (nSPS) is 17.1. The van der Waals surface area contributed by atoms with Crippen molar-refractivity contribution in [2.24, 2.45) is 0 Å². The molecule has 1 aliphatic rings. The van der Waals surface area contributed by atoms with Gasteiger partial charge in [0.05, 0.1) is 5.56 Å². The van der Waals surface area contributed by atoms with Gasteiger partial charge in [-0.15, -0.1) is 0 Å². The summed E-state index contributed by atoms with van der Waals surface area (Å²) >= 11 is 0. The molecule has 0 saturated carbocycles. The fraction of sp³-hybridized carbons (Fsp3) is 0.364. The van der Waals surface area contributed by atoms with E-state index in [1.165, 1.54) is 24.0 Å². The van der Waals surface area contributed by atoms with Crippen LogP contribution in [0.1, 0.15) is 62.0 Å². The molecule has 0 aromatic heterocycles. The molecular weight excluding hydrogens is 326 g/mol. The Morgan fingerprint density at radius 1 is 0.923 bits per heavy atom. The van der Waals surface area contributed by atoms with Crippen LogP contribution in [0.5, 0.6) is 0 Å². The molecule has 0 unspecified atom stereocenters. The van der Waals surface area contributed by atoms with Gasteiger partial charge in [-0.05, 0) is 58.1 Å². The smallest absolute Gasteiger partial charge is 0.336 e. The Morgan fingerprint density at radius 3 is 2.12 bits per heavy atom. The minimum Gasteiger partial charge on any atom is -0.336 e. The van der Waals surface area contributed by atoms with Crippen molar-refractivity contribution in [1.29, 1.82) is 0 Å². The number of fused-ring (bicyclic) bond motifs is 1. The van der Waals surface area contributed by atoms with Crippen molar-refractivity contribution in [2.75, 3.05) is 0 Å². The highest BCUT2D eigenvalue weighted by Crippen LogP contribution is 2.46. The van der Waals surface area contributed by atoms with Crippen LogP contribution < -0.4 is 5.48 Å². The molecule has 1 aliphatic carbocycles. The van der Waals surface area contributed by atoms with E-state index in [0.29, 0.717) is 12.0 Å². The second kappa shape index (κ2) is 6.60. The van der Waals surface area contributed by atoms with E-state index >= 15 is 0 Å². The van der Waals surface area contributed by atoms with Crippen LogP contribution in [0.25, 0.3) is 11.1 Å². The first-order chi connectivity index (χ1) is 12.2. The molecule has 0 fully saturated rings. The summed E-state index contributed by atoms with van der Waals surface area (Å²) in [6, 6.07) is 13.9. The van der Waals surface area contributed by atoms with E-state index in [-0.39, 0.29) is 10.8 Å². The van der Waals surface area contributed by atoms with E-state index in [0.717, 1.165) is 11.1 Å². The minimum absolute atomic E-state index is 0.158. The first kappa shape index (κ1) is 18.2. The maximum atomic E-state index is 11.8. The van der Waals surface area contributed by atoms with Gasteiger partial charge in [-0.1, -0.05) is 58.0 Å². The molecule has 0 atom stereocenters. The van der Waals surface area contributed by atoms with Crippen molar-refractivity contribution in [1.82, 2.24) is 5.48 Å². The van der Waals surface area contributed by atoms with Crippen LogP contribution in [0.15, 0.2) is 42.5 Å². The molecular formula is C22H25NO3. The predicted molar refractivity (Wildman–Crippen MR) is 102 cm³/mol. The third-order valence-electron chi connectivity index (χ3n) is 5.51. The number of amides is 1. The van der Waals surface area contributed by atoms with E-state index in [2.05, 4.69) is 50.7 Å². The summed E-state index contributed by atoms with van der Waals surface area (Å²) < 4.78 is 0. The summed E-state index contributed by atoms with van der Waals surface area (Å²) in [5, 5.41) is 0. The lowest BCUT2D eigenvalue weighted by Gasteiger charge is -2.42. The zero-order valence-corrected chi connectivity index (χ0v) is 15.8. The van der Waals surface area contributed by atoms with Gasteiger partial charge >= 0.3 is 5.97 Å². The molecule has 0 spiro atoms. The number of hydrogen-bond acceptors (Lipinski definition) is 3. The minimum atomic E-state index is -0.586. The lowest BCUT2D eigenvalue weighted by Crippen LogP contribution is -2.33. The molecule has 136 valence electrons. The van der Waals surface area contributed by atoms with Crippen LogP contribution in [0.2, 0.25) is 0 Å². The van der Waals surface area contributed by atoms with Crippen molar-refractivity contribution in [3.8, 4) is 11.1 Å². The molecule has 4 heteroatoms. The fourth-order valence-corrected chi connectivity index (χ4v) is 3.70. The largest absolute Gasteiger partial charge is 0.362 e. The highest BCUT2D eigenvalue weighted by Gasteiger charge is 2.36. The number of carbonyl (C=O) groups is 2. The highest BCUT2D eigenvalue weighted by molar-refractivity contribution is 5.90. The molecule has 1 amide bonds. The zero-order chi connectivity index (χ0) is 18.9. The molecule has 2 aromatic carbocycles. The Kier molecular flexibility index (Phi) is 4.61. The van der Waals surface area contributed by atoms with Crippen LogP contribution in [-0.4, -0.2) is 12.4 Å². The molecule has 2 aromatic rings. The third-order valence-corrected chi connectivity index (χ3v) is 5.51. The Morgan fingerprint density at radius 2 is 1.50 bits per heavy atom. The van der Waals surface area contributed by atoms with E-state index in [1.54, 1.807) is 12.1 Å². The van der Waals surface area contributed by atoms with Gasteiger partial charge in [0.25, 0.3) is 0 Å². The van der Waals surface area contributed by atoms with E-state index in [1.807, 2.05) is 17.6 Å². The van der Waals surface area contributed by atoms with Crippen LogP contribution >= 0.6 is 0 Å². The van der Waals surface area contributed by atoms with Crippen LogP contribution in [-0.2, 0) is 20.5 Å². The van der Waals surface area contributed by atoms with Gasteiger partial charge in [-0.25, -0.2) is 4.79 Å². The van der Waals surface area contributed by atoms with Gasteiger partial charge in [0.15, 0.2) is 0 Å². The van der Waals surface area contributed by atoms with Crippen molar-refractivity contribution in [3.63, 3.8) is 0 Å². The van der Waals surface area contributed by atoms with Crippen LogP contribution in [0.3, 0.4) is 0 Å². The molecule has 26 heavy (non-hydrogen) atoms. The first-order valence-electron chi connectivity index (χ1n) is 8.90. The number of carbonyl (C=O) groups excluding carboxylic acids is 2. The second-order valence-corrected chi connectivity index (χ2v) is 8.23. The maximum absolute atomic E-state index is 11.8. The SMILES string of the molecule is CC1(C)CCC(C)(C)c2cc(-c3ccc(C(=O)ONC=O)cc3)ccc21. The summed E-state index contributed by atoms with van der Waals surface area (Å²) in [7, 11) is 0. The van der Waals surface area contributed by atoms with E-state index in [9.17, 15) is 9.59 Å². The molecule has 0 radical (unpaired) electrons. The monoisotopic (exact) mass is 351 g/mol. The summed E-state index contributed by atoms with van der Waals surface area (Å²) in [5.74, 6) is -0.586. The number of benzene rings is 2. The third kappa shape index (κ3) is 3.36. The Labute approximate surface area is 154 Å². The number of nitrogens with one attached hydrogen (secondary N) is 1. The van der Waals surface area contributed by atoms with Crippen LogP contribution in [0, 0.1) is 0 Å². The van der Waals surface area contributed by atoms with Gasteiger partial charge < -0.3 is 4.84 Å². The summed E-state index contributed by atoms with van der Waals surface area (Å²) in [6.45, 7) is 9.25. The van der Waals surface area contributed by atoms with Crippen molar-refractivity contribution in [3.05, 3.63) is 59.2 Å². The standard InChI is InChI=1S/C22H25NO3/c1-21(2)11-12-22(3,4)19-13-17(9-10-18(19)21)15-5-7-16(8-6-15)20(25)26-23-14-24/h5-10,13-14H,11-12H2,1-4H3,(H,23,24). The summed E-state index contributed by atoms with van der Waals surface area (Å²) in [5.41, 5.74) is 7.68. The van der Waals surface area contributed by atoms with E-state index < -0.39 is 5.97 Å². The van der Waals surface area contributed by atoms with Gasteiger partial charge in [0.2, 0.25) is 6.41 Å². The molecule has 1 N–H and O–H groups in total. The highest BCUT2D eigenvalue weighted by atomic mass is 16.7. The van der Waals surface area contributed by atoms with Gasteiger partial charge in [-0.3, -0.25) is 4.79 Å². The molecule has 0 heterocycles. The summed E-state index contributed by atoms with van der Waals surface area (Å²) in [6.07, 6.45) is 2.69. The number of hydrogen-bond donors (Lipinski definition) is 1. The Hall–Kier alpha value is -2.62.